The Morgan fingerprint density at radius 2 is 2.00 bits per heavy atom. The van der Waals surface area contributed by atoms with Gasteiger partial charge in [-0.1, -0.05) is 11.6 Å². The van der Waals surface area contributed by atoms with Crippen LogP contribution in [0, 0.1) is 0 Å². The molecule has 0 radical (unpaired) electrons. The number of halogens is 1. The van der Waals surface area contributed by atoms with Crippen LogP contribution in [0.2, 0.25) is 5.02 Å². The highest BCUT2D eigenvalue weighted by atomic mass is 35.5. The van der Waals surface area contributed by atoms with Crippen molar-refractivity contribution in [1.29, 1.82) is 0 Å². The Balaban J connectivity index is 1.32. The van der Waals surface area contributed by atoms with Crippen molar-refractivity contribution in [2.24, 2.45) is 0 Å². The van der Waals surface area contributed by atoms with Crippen molar-refractivity contribution in [3.63, 3.8) is 0 Å². The second kappa shape index (κ2) is 8.48. The summed E-state index contributed by atoms with van der Waals surface area (Å²) in [5.74, 6) is 1.80. The molecule has 7 nitrogen and oxygen atoms in total. The normalized spacial score (nSPS) is 20.3. The van der Waals surface area contributed by atoms with Crippen molar-refractivity contribution in [2.45, 2.75) is 37.5 Å². The number of hydrogen-bond donors (Lipinski definition) is 3. The largest absolute Gasteiger partial charge is 0.398 e. The van der Waals surface area contributed by atoms with E-state index < -0.39 is 0 Å². The van der Waals surface area contributed by atoms with E-state index in [0.29, 0.717) is 41.2 Å². The molecule has 162 valence electrons. The molecule has 2 aliphatic heterocycles. The lowest BCUT2D eigenvalue weighted by atomic mass is 9.89. The van der Waals surface area contributed by atoms with Crippen LogP contribution in [0.1, 0.15) is 59.3 Å². The number of nitrogens with zero attached hydrogens (tertiary/aromatic N) is 3. The Hall–Kier alpha value is -2.64. The van der Waals surface area contributed by atoms with E-state index in [4.69, 9.17) is 22.3 Å². The second-order valence-corrected chi connectivity index (χ2v) is 9.00. The Labute approximate surface area is 186 Å². The molecule has 0 bridgehead atoms. The fourth-order valence-electron chi connectivity index (χ4n) is 4.86. The molecule has 0 spiro atoms. The number of pyridine rings is 1. The predicted molar refractivity (Wildman–Crippen MR) is 122 cm³/mol. The standard InChI is InChI=1S/C23H27ClN6O/c24-16-3-4-18(19(25)12-16)23(31)30-10-6-14(7-11-30)17-5-9-27-22-20(17)28-21(29-22)15-2-1-8-26-13-15/h3-5,9,12,14-15,26H,1-2,6-8,10-11,13,25H2,(H,27,28,29). The number of rotatable bonds is 3. The zero-order valence-electron chi connectivity index (χ0n) is 17.4. The molecule has 5 rings (SSSR count). The van der Waals surface area contributed by atoms with Gasteiger partial charge in [-0.3, -0.25) is 4.79 Å². The summed E-state index contributed by atoms with van der Waals surface area (Å²) in [5, 5.41) is 4.00. The number of hydrogen-bond acceptors (Lipinski definition) is 5. The average molecular weight is 439 g/mol. The number of carbonyl (C=O) groups excluding carboxylic acids is 1. The van der Waals surface area contributed by atoms with Crippen LogP contribution in [0.25, 0.3) is 11.2 Å². The first kappa shape index (κ1) is 20.3. The topological polar surface area (TPSA) is 99.9 Å². The van der Waals surface area contributed by atoms with Crippen LogP contribution >= 0.6 is 11.6 Å². The van der Waals surface area contributed by atoms with Crippen molar-refractivity contribution >= 4 is 34.4 Å². The third-order valence-corrected chi connectivity index (χ3v) is 6.83. The van der Waals surface area contributed by atoms with Crippen molar-refractivity contribution in [3.05, 3.63) is 52.4 Å². The molecule has 0 aliphatic carbocycles. The number of amides is 1. The molecule has 8 heteroatoms. The minimum Gasteiger partial charge on any atom is -0.398 e. The van der Waals surface area contributed by atoms with Crippen LogP contribution in [-0.2, 0) is 0 Å². The number of imidazole rings is 1. The minimum atomic E-state index is -0.0267. The maximum atomic E-state index is 12.9. The number of aromatic amines is 1. The van der Waals surface area contributed by atoms with Crippen molar-refractivity contribution in [2.75, 3.05) is 31.9 Å². The number of carbonyl (C=O) groups is 1. The number of benzene rings is 1. The maximum absolute atomic E-state index is 12.9. The lowest BCUT2D eigenvalue weighted by Crippen LogP contribution is -2.38. The van der Waals surface area contributed by atoms with Gasteiger partial charge >= 0.3 is 0 Å². The molecule has 4 N–H and O–H groups in total. The summed E-state index contributed by atoms with van der Waals surface area (Å²) in [7, 11) is 0. The highest BCUT2D eigenvalue weighted by Gasteiger charge is 2.28. The molecular weight excluding hydrogens is 412 g/mol. The van der Waals surface area contributed by atoms with Gasteiger partial charge in [-0.25, -0.2) is 9.97 Å². The second-order valence-electron chi connectivity index (χ2n) is 8.56. The molecule has 2 fully saturated rings. The summed E-state index contributed by atoms with van der Waals surface area (Å²) in [5.41, 5.74) is 10.1. The first-order chi connectivity index (χ1) is 15.1. The van der Waals surface area contributed by atoms with Gasteiger partial charge in [-0.05, 0) is 68.0 Å². The minimum absolute atomic E-state index is 0.0267. The molecule has 31 heavy (non-hydrogen) atoms. The number of nitrogens with two attached hydrogens (primary N) is 1. The van der Waals surface area contributed by atoms with Gasteiger partial charge in [0.05, 0.1) is 11.1 Å². The van der Waals surface area contributed by atoms with Gasteiger partial charge in [0, 0.05) is 42.5 Å². The third-order valence-electron chi connectivity index (χ3n) is 6.59. The predicted octanol–water partition coefficient (Wildman–Crippen LogP) is 3.68. The van der Waals surface area contributed by atoms with Crippen LogP contribution in [-0.4, -0.2) is 51.9 Å². The summed E-state index contributed by atoms with van der Waals surface area (Å²) in [6, 6.07) is 7.16. The summed E-state index contributed by atoms with van der Waals surface area (Å²) in [6.45, 7) is 3.44. The molecule has 1 amide bonds. The fraction of sp³-hybridized carbons (Fsp3) is 0.435. The van der Waals surface area contributed by atoms with E-state index in [-0.39, 0.29) is 5.91 Å². The molecule has 2 saturated heterocycles. The Morgan fingerprint density at radius 1 is 1.16 bits per heavy atom. The first-order valence-corrected chi connectivity index (χ1v) is 11.4. The molecule has 1 aromatic carbocycles. The molecule has 0 saturated carbocycles. The Bertz CT molecular complexity index is 1100. The van der Waals surface area contributed by atoms with E-state index >= 15 is 0 Å². The van der Waals surface area contributed by atoms with Crippen LogP contribution in [0.5, 0.6) is 0 Å². The van der Waals surface area contributed by atoms with Crippen LogP contribution in [0.4, 0.5) is 5.69 Å². The molecular formula is C23H27ClN6O. The zero-order valence-corrected chi connectivity index (χ0v) is 18.2. The number of anilines is 1. The van der Waals surface area contributed by atoms with Crippen molar-refractivity contribution in [3.8, 4) is 0 Å². The van der Waals surface area contributed by atoms with Gasteiger partial charge < -0.3 is 20.9 Å². The van der Waals surface area contributed by atoms with Crippen LogP contribution in [0.3, 0.4) is 0 Å². The van der Waals surface area contributed by atoms with Gasteiger partial charge in [0.25, 0.3) is 5.91 Å². The summed E-state index contributed by atoms with van der Waals surface area (Å²) < 4.78 is 0. The molecule has 1 unspecified atom stereocenters. The highest BCUT2D eigenvalue weighted by molar-refractivity contribution is 6.31. The molecule has 3 aromatic rings. The quantitative estimate of drug-likeness (QED) is 0.541. The molecule has 1 atom stereocenters. The number of H-pyrrole nitrogens is 1. The van der Waals surface area contributed by atoms with Crippen molar-refractivity contribution < 1.29 is 4.79 Å². The number of nitrogens with one attached hydrogen (secondary N) is 2. The molecule has 2 aliphatic rings. The number of fused-ring (bicyclic) bond motifs is 1. The van der Waals surface area contributed by atoms with E-state index in [1.54, 1.807) is 18.2 Å². The van der Waals surface area contributed by atoms with Gasteiger partial charge in [-0.15, -0.1) is 0 Å². The highest BCUT2D eigenvalue weighted by Crippen LogP contribution is 2.33. The molecule has 4 heterocycles. The Kier molecular flexibility index (Phi) is 5.54. The summed E-state index contributed by atoms with van der Waals surface area (Å²) in [6.07, 6.45) is 5.98. The van der Waals surface area contributed by atoms with Gasteiger partial charge in [-0.2, -0.15) is 0 Å². The zero-order chi connectivity index (χ0) is 21.4. The first-order valence-electron chi connectivity index (χ1n) is 11.0. The number of aromatic nitrogens is 3. The van der Waals surface area contributed by atoms with E-state index in [1.165, 1.54) is 12.0 Å². The number of likely N-dealkylation sites (tertiary alicyclic amines) is 1. The number of piperidine rings is 2. The average Bonchev–Trinajstić information content (AvgIpc) is 3.24. The lowest BCUT2D eigenvalue weighted by molar-refractivity contribution is 0.0714. The van der Waals surface area contributed by atoms with E-state index in [1.807, 2.05) is 11.1 Å². The SMILES string of the molecule is Nc1cc(Cl)ccc1C(=O)N1CCC(c2ccnc3nc(C4CCCNC4)[nH]c23)CC1. The van der Waals surface area contributed by atoms with E-state index in [2.05, 4.69) is 21.4 Å². The van der Waals surface area contributed by atoms with Crippen LogP contribution < -0.4 is 11.1 Å². The third kappa shape index (κ3) is 4.00. The fourth-order valence-corrected chi connectivity index (χ4v) is 5.04. The van der Waals surface area contributed by atoms with Gasteiger partial charge in [0.15, 0.2) is 5.65 Å². The van der Waals surface area contributed by atoms with Gasteiger partial charge in [0.1, 0.15) is 5.82 Å². The van der Waals surface area contributed by atoms with E-state index in [0.717, 1.165) is 49.3 Å². The van der Waals surface area contributed by atoms with Gasteiger partial charge in [0.2, 0.25) is 0 Å². The maximum Gasteiger partial charge on any atom is 0.255 e. The summed E-state index contributed by atoms with van der Waals surface area (Å²) >= 11 is 5.97. The molecule has 2 aromatic heterocycles. The Morgan fingerprint density at radius 3 is 2.74 bits per heavy atom. The monoisotopic (exact) mass is 438 g/mol. The lowest BCUT2D eigenvalue weighted by Gasteiger charge is -2.32. The van der Waals surface area contributed by atoms with Crippen molar-refractivity contribution in [1.82, 2.24) is 25.2 Å². The van der Waals surface area contributed by atoms with E-state index in [9.17, 15) is 4.79 Å². The number of nitrogen functional groups attached to an aromatic ring is 1. The van der Waals surface area contributed by atoms with Crippen LogP contribution in [0.15, 0.2) is 30.5 Å². The smallest absolute Gasteiger partial charge is 0.255 e. The summed E-state index contributed by atoms with van der Waals surface area (Å²) in [4.78, 5) is 27.7.